The Morgan fingerprint density at radius 2 is 2.16 bits per heavy atom. The predicted molar refractivity (Wildman–Crippen MR) is 96.9 cm³/mol. The van der Waals surface area contributed by atoms with Gasteiger partial charge in [-0.25, -0.2) is 0 Å². The van der Waals surface area contributed by atoms with Crippen LogP contribution in [0.15, 0.2) is 18.2 Å². The highest BCUT2D eigenvalue weighted by atomic mass is 35.5. The van der Waals surface area contributed by atoms with Gasteiger partial charge in [0.25, 0.3) is 0 Å². The number of aryl methyl sites for hydroxylation is 1. The van der Waals surface area contributed by atoms with Gasteiger partial charge in [-0.05, 0) is 37.0 Å². The number of nitrogens with one attached hydrogen (secondary N) is 1. The number of rotatable bonds is 3. The lowest BCUT2D eigenvalue weighted by molar-refractivity contribution is -0.134. The Morgan fingerprint density at radius 1 is 1.32 bits per heavy atom. The van der Waals surface area contributed by atoms with E-state index >= 15 is 0 Å². The van der Waals surface area contributed by atoms with Gasteiger partial charge >= 0.3 is 0 Å². The van der Waals surface area contributed by atoms with Crippen molar-refractivity contribution < 1.29 is 9.59 Å². The Morgan fingerprint density at radius 3 is 2.88 bits per heavy atom. The summed E-state index contributed by atoms with van der Waals surface area (Å²) in [5.41, 5.74) is 2.93. The maximum absolute atomic E-state index is 12.2. The van der Waals surface area contributed by atoms with E-state index in [0.717, 1.165) is 41.8 Å². The highest BCUT2D eigenvalue weighted by Crippen LogP contribution is 2.33. The maximum Gasteiger partial charge on any atom is 0.235 e. The number of fused-ring (bicyclic) bond motifs is 1. The third-order valence-electron chi connectivity index (χ3n) is 5.30. The zero-order valence-electron chi connectivity index (χ0n) is 14.2. The fourth-order valence-corrected chi connectivity index (χ4v) is 4.13. The number of hydrogen-bond acceptors (Lipinski definition) is 4. The summed E-state index contributed by atoms with van der Waals surface area (Å²) in [5.74, 6) is 0.434. The third-order valence-corrected chi connectivity index (χ3v) is 5.74. The number of benzene rings is 1. The number of piperidine rings is 1. The van der Waals surface area contributed by atoms with Gasteiger partial charge in [-0.3, -0.25) is 19.6 Å². The number of imide groups is 1. The first-order chi connectivity index (χ1) is 12.1. The van der Waals surface area contributed by atoms with Crippen molar-refractivity contribution >= 4 is 40.0 Å². The quantitative estimate of drug-likeness (QED) is 0.672. The number of carbonyl (C=O) groups is 2. The van der Waals surface area contributed by atoms with Crippen molar-refractivity contribution in [2.75, 3.05) is 23.9 Å². The number of aromatic nitrogens is 2. The molecule has 2 atom stereocenters. The van der Waals surface area contributed by atoms with E-state index in [9.17, 15) is 9.59 Å². The first-order valence-corrected chi connectivity index (χ1v) is 9.21. The molecular formula is C18H21ClN4O2. The molecule has 0 aliphatic carbocycles. The molecule has 0 radical (unpaired) electrons. The van der Waals surface area contributed by atoms with Crippen LogP contribution in [-0.4, -0.2) is 40.6 Å². The van der Waals surface area contributed by atoms with Gasteiger partial charge in [-0.1, -0.05) is 0 Å². The van der Waals surface area contributed by atoms with E-state index in [-0.39, 0.29) is 17.7 Å². The van der Waals surface area contributed by atoms with Crippen molar-refractivity contribution in [2.45, 2.75) is 25.2 Å². The minimum atomic E-state index is -0.361. The SMILES string of the molecule is Cn1nc(C2CCC(=O)NC2=O)c2ccc(N3CC[C@@H](CCl)C3)cc21. The number of halogens is 1. The van der Waals surface area contributed by atoms with Gasteiger partial charge in [0.2, 0.25) is 11.8 Å². The lowest BCUT2D eigenvalue weighted by Gasteiger charge is -2.20. The van der Waals surface area contributed by atoms with Crippen molar-refractivity contribution in [1.29, 1.82) is 0 Å². The monoisotopic (exact) mass is 360 g/mol. The molecule has 0 bridgehead atoms. The molecule has 1 aromatic heterocycles. The third kappa shape index (κ3) is 2.88. The lowest BCUT2D eigenvalue weighted by Crippen LogP contribution is -2.39. The molecule has 2 aliphatic heterocycles. The zero-order valence-corrected chi connectivity index (χ0v) is 14.9. The van der Waals surface area contributed by atoms with Crippen molar-refractivity contribution in [2.24, 2.45) is 13.0 Å². The zero-order chi connectivity index (χ0) is 17.6. The molecule has 25 heavy (non-hydrogen) atoms. The molecule has 1 aromatic carbocycles. The van der Waals surface area contributed by atoms with Gasteiger partial charge in [-0.15, -0.1) is 11.6 Å². The van der Waals surface area contributed by atoms with Gasteiger partial charge < -0.3 is 4.90 Å². The summed E-state index contributed by atoms with van der Waals surface area (Å²) in [5, 5.41) is 7.99. The number of hydrogen-bond donors (Lipinski definition) is 1. The number of anilines is 1. The predicted octanol–water partition coefficient (Wildman–Crippen LogP) is 2.16. The highest BCUT2D eigenvalue weighted by Gasteiger charge is 2.32. The minimum Gasteiger partial charge on any atom is -0.371 e. The summed E-state index contributed by atoms with van der Waals surface area (Å²) >= 11 is 5.99. The summed E-state index contributed by atoms with van der Waals surface area (Å²) < 4.78 is 1.83. The van der Waals surface area contributed by atoms with Crippen LogP contribution in [0.25, 0.3) is 10.9 Å². The second-order valence-corrected chi connectivity index (χ2v) is 7.28. The average Bonchev–Trinajstić information content (AvgIpc) is 3.20. The van der Waals surface area contributed by atoms with Crippen LogP contribution in [0.3, 0.4) is 0 Å². The van der Waals surface area contributed by atoms with E-state index in [4.69, 9.17) is 11.6 Å². The molecule has 7 heteroatoms. The van der Waals surface area contributed by atoms with Gasteiger partial charge in [0.1, 0.15) is 0 Å². The van der Waals surface area contributed by atoms with Crippen molar-refractivity contribution in [3.8, 4) is 0 Å². The van der Waals surface area contributed by atoms with E-state index in [1.165, 1.54) is 0 Å². The molecule has 4 rings (SSSR count). The van der Waals surface area contributed by atoms with Crippen LogP contribution < -0.4 is 10.2 Å². The van der Waals surface area contributed by atoms with Crippen LogP contribution in [0.1, 0.15) is 30.9 Å². The maximum atomic E-state index is 12.2. The lowest BCUT2D eigenvalue weighted by atomic mass is 9.93. The molecule has 0 saturated carbocycles. The number of amides is 2. The highest BCUT2D eigenvalue weighted by molar-refractivity contribution is 6.18. The molecular weight excluding hydrogens is 340 g/mol. The van der Waals surface area contributed by atoms with E-state index in [0.29, 0.717) is 24.6 Å². The molecule has 3 heterocycles. The van der Waals surface area contributed by atoms with E-state index in [1.54, 1.807) is 0 Å². The van der Waals surface area contributed by atoms with Crippen molar-refractivity contribution in [3.05, 3.63) is 23.9 Å². The molecule has 1 N–H and O–H groups in total. The molecule has 0 spiro atoms. The molecule has 2 amide bonds. The van der Waals surface area contributed by atoms with E-state index in [1.807, 2.05) is 17.8 Å². The Kier molecular flexibility index (Phi) is 4.15. The van der Waals surface area contributed by atoms with Crippen LogP contribution in [0.5, 0.6) is 0 Å². The average molecular weight is 361 g/mol. The minimum absolute atomic E-state index is 0.202. The second-order valence-electron chi connectivity index (χ2n) is 6.97. The molecule has 2 fully saturated rings. The largest absolute Gasteiger partial charge is 0.371 e. The molecule has 6 nitrogen and oxygen atoms in total. The first-order valence-electron chi connectivity index (χ1n) is 8.68. The van der Waals surface area contributed by atoms with Crippen LogP contribution in [0, 0.1) is 5.92 Å². The fourth-order valence-electron chi connectivity index (χ4n) is 3.88. The standard InChI is InChI=1S/C18H21ClN4O2/c1-22-15-8-12(23-7-6-11(9-19)10-23)2-3-13(15)17(21-22)14-4-5-16(24)20-18(14)25/h2-3,8,11,14H,4-7,9-10H2,1H3,(H,20,24,25)/t11-,14?/m0/s1. The van der Waals surface area contributed by atoms with Crippen LogP contribution >= 0.6 is 11.6 Å². The van der Waals surface area contributed by atoms with Crippen LogP contribution in [0.2, 0.25) is 0 Å². The second kappa shape index (κ2) is 6.33. The summed E-state index contributed by atoms with van der Waals surface area (Å²) in [6.45, 7) is 1.99. The summed E-state index contributed by atoms with van der Waals surface area (Å²) in [6, 6.07) is 6.27. The van der Waals surface area contributed by atoms with Gasteiger partial charge in [0, 0.05) is 43.5 Å². The van der Waals surface area contributed by atoms with Gasteiger partial charge in [0.15, 0.2) is 0 Å². The van der Waals surface area contributed by atoms with Crippen molar-refractivity contribution in [3.63, 3.8) is 0 Å². The molecule has 2 aliphatic rings. The summed E-state index contributed by atoms with van der Waals surface area (Å²) in [4.78, 5) is 25.9. The first kappa shape index (κ1) is 16.4. The van der Waals surface area contributed by atoms with Crippen LogP contribution in [-0.2, 0) is 16.6 Å². The number of alkyl halides is 1. The fraction of sp³-hybridized carbons (Fsp3) is 0.500. The van der Waals surface area contributed by atoms with Crippen LogP contribution in [0.4, 0.5) is 5.69 Å². The summed E-state index contributed by atoms with van der Waals surface area (Å²) in [7, 11) is 1.90. The Labute approximate surface area is 151 Å². The number of carbonyl (C=O) groups excluding carboxylic acids is 2. The van der Waals surface area contributed by atoms with Gasteiger partial charge in [-0.2, -0.15) is 5.10 Å². The normalized spacial score (nSPS) is 24.2. The van der Waals surface area contributed by atoms with Crippen molar-refractivity contribution in [1.82, 2.24) is 15.1 Å². The Bertz CT molecular complexity index is 847. The Balaban J connectivity index is 1.67. The Hall–Kier alpha value is -2.08. The molecule has 1 unspecified atom stereocenters. The van der Waals surface area contributed by atoms with E-state index in [2.05, 4.69) is 27.4 Å². The molecule has 2 aromatic rings. The summed E-state index contributed by atoms with van der Waals surface area (Å²) in [6.07, 6.45) is 2.00. The smallest absolute Gasteiger partial charge is 0.235 e. The molecule has 132 valence electrons. The van der Waals surface area contributed by atoms with Gasteiger partial charge in [0.05, 0.1) is 17.1 Å². The number of nitrogens with zero attached hydrogens (tertiary/aromatic N) is 3. The van der Waals surface area contributed by atoms with E-state index < -0.39 is 0 Å². The topological polar surface area (TPSA) is 67.2 Å². The molecule has 2 saturated heterocycles.